The number of hydrogen-bond donors (Lipinski definition) is 1. The Kier molecular flexibility index (Phi) is 4.69. The van der Waals surface area contributed by atoms with Gasteiger partial charge in [0.05, 0.1) is 10.6 Å². The monoisotopic (exact) mass is 424 g/mol. The number of fused-ring (bicyclic) bond motifs is 2. The van der Waals surface area contributed by atoms with Gasteiger partial charge in [-0.25, -0.2) is 8.42 Å². The highest BCUT2D eigenvalue weighted by atomic mass is 32.2. The van der Waals surface area contributed by atoms with Crippen LogP contribution in [0.4, 0.5) is 0 Å². The van der Waals surface area contributed by atoms with Crippen LogP contribution < -0.4 is 9.47 Å². The number of pyridine rings is 1. The molecule has 0 spiro atoms. The molecule has 2 aliphatic heterocycles. The molecule has 0 unspecified atom stereocenters. The first kappa shape index (κ1) is 19.0. The van der Waals surface area contributed by atoms with Crippen LogP contribution in [0.2, 0.25) is 0 Å². The van der Waals surface area contributed by atoms with E-state index in [-0.39, 0.29) is 18.0 Å². The molecule has 0 saturated carbocycles. The summed E-state index contributed by atoms with van der Waals surface area (Å²) in [4.78, 5) is 4.53. The molecular weight excluding hydrogens is 404 g/mol. The molecule has 2 aromatic carbocycles. The molecule has 0 saturated heterocycles. The molecule has 2 aliphatic rings. The molecule has 1 aromatic heterocycles. The summed E-state index contributed by atoms with van der Waals surface area (Å²) in [5.74, 6) is 0.989. The number of aliphatic hydroxyl groups excluding tert-OH is 1. The number of hydrogen-bond acceptors (Lipinski definition) is 6. The maximum atomic E-state index is 13.2. The molecule has 8 heteroatoms. The summed E-state index contributed by atoms with van der Waals surface area (Å²) in [7, 11) is -3.72. The third-order valence-electron chi connectivity index (χ3n) is 5.34. The summed E-state index contributed by atoms with van der Waals surface area (Å²) in [6.45, 7) is 1.30. The lowest BCUT2D eigenvalue weighted by atomic mass is 10.0. The molecule has 0 amide bonds. The van der Waals surface area contributed by atoms with Gasteiger partial charge in [0.15, 0.2) is 11.5 Å². The number of nitrogens with zero attached hydrogens (tertiary/aromatic N) is 2. The Balaban J connectivity index is 1.40. The maximum Gasteiger partial charge on any atom is 0.243 e. The zero-order valence-electron chi connectivity index (χ0n) is 16.1. The summed E-state index contributed by atoms with van der Waals surface area (Å²) in [6.07, 6.45) is 0.788. The molecule has 154 valence electrons. The number of aliphatic hydroxyl groups is 1. The van der Waals surface area contributed by atoms with Gasteiger partial charge in [0.1, 0.15) is 19.3 Å². The van der Waals surface area contributed by atoms with Crippen LogP contribution in [0.3, 0.4) is 0 Å². The quantitative estimate of drug-likeness (QED) is 0.693. The highest BCUT2D eigenvalue weighted by molar-refractivity contribution is 7.89. The summed E-state index contributed by atoms with van der Waals surface area (Å²) >= 11 is 0. The SMILES string of the molecule is O=S(=O)(c1ccc2c(c1)OCCO2)N1Cc2cnc([C@@H](O)c3ccccc3)cc2C1. The van der Waals surface area contributed by atoms with E-state index in [1.807, 2.05) is 30.3 Å². The average molecular weight is 424 g/mol. The summed E-state index contributed by atoms with van der Waals surface area (Å²) in [5.41, 5.74) is 2.92. The van der Waals surface area contributed by atoms with Crippen LogP contribution in [-0.4, -0.2) is 36.0 Å². The Labute approximate surface area is 174 Å². The fraction of sp³-hybridized carbons (Fsp3) is 0.227. The minimum absolute atomic E-state index is 0.164. The van der Waals surface area contributed by atoms with Crippen molar-refractivity contribution in [3.63, 3.8) is 0 Å². The summed E-state index contributed by atoms with van der Waals surface area (Å²) < 4.78 is 38.8. The predicted molar refractivity (Wildman–Crippen MR) is 109 cm³/mol. The molecule has 0 radical (unpaired) electrons. The molecule has 30 heavy (non-hydrogen) atoms. The van der Waals surface area contributed by atoms with Crippen molar-refractivity contribution in [1.29, 1.82) is 0 Å². The Hall–Kier alpha value is -2.94. The van der Waals surface area contributed by atoms with Crippen molar-refractivity contribution in [2.45, 2.75) is 24.1 Å². The molecule has 0 bridgehead atoms. The summed E-state index contributed by atoms with van der Waals surface area (Å²) in [5, 5.41) is 10.6. The number of benzene rings is 2. The van der Waals surface area contributed by atoms with E-state index in [2.05, 4.69) is 4.98 Å². The molecule has 3 heterocycles. The van der Waals surface area contributed by atoms with Crippen molar-refractivity contribution in [3.8, 4) is 11.5 Å². The van der Waals surface area contributed by atoms with Gasteiger partial charge < -0.3 is 14.6 Å². The van der Waals surface area contributed by atoms with Crippen LogP contribution in [0.15, 0.2) is 65.7 Å². The molecule has 0 fully saturated rings. The van der Waals surface area contributed by atoms with Crippen LogP contribution in [0.1, 0.15) is 28.5 Å². The van der Waals surface area contributed by atoms with Crippen molar-refractivity contribution in [3.05, 3.63) is 83.2 Å². The zero-order chi connectivity index (χ0) is 20.7. The topological polar surface area (TPSA) is 89.0 Å². The zero-order valence-corrected chi connectivity index (χ0v) is 16.9. The van der Waals surface area contributed by atoms with Crippen LogP contribution >= 0.6 is 0 Å². The largest absolute Gasteiger partial charge is 0.486 e. The predicted octanol–water partition coefficient (Wildman–Crippen LogP) is 2.64. The van der Waals surface area contributed by atoms with Crippen LogP contribution in [-0.2, 0) is 23.1 Å². The van der Waals surface area contributed by atoms with Crippen LogP contribution in [0, 0.1) is 0 Å². The molecule has 0 aliphatic carbocycles. The number of ether oxygens (including phenoxy) is 2. The lowest BCUT2D eigenvalue weighted by Gasteiger charge is -2.20. The van der Waals surface area contributed by atoms with Crippen LogP contribution in [0.5, 0.6) is 11.5 Å². The van der Waals surface area contributed by atoms with Crippen molar-refractivity contribution in [2.24, 2.45) is 0 Å². The maximum absolute atomic E-state index is 13.2. The minimum atomic E-state index is -3.72. The van der Waals surface area contributed by atoms with E-state index in [0.717, 1.165) is 16.7 Å². The van der Waals surface area contributed by atoms with Gasteiger partial charge in [-0.15, -0.1) is 0 Å². The highest BCUT2D eigenvalue weighted by Gasteiger charge is 2.32. The van der Waals surface area contributed by atoms with Crippen molar-refractivity contribution in [1.82, 2.24) is 9.29 Å². The second-order valence-corrected chi connectivity index (χ2v) is 9.21. The van der Waals surface area contributed by atoms with Gasteiger partial charge in [0.25, 0.3) is 0 Å². The average Bonchev–Trinajstić information content (AvgIpc) is 3.23. The van der Waals surface area contributed by atoms with E-state index in [4.69, 9.17) is 9.47 Å². The van der Waals surface area contributed by atoms with Gasteiger partial charge in [-0.3, -0.25) is 4.98 Å². The third-order valence-corrected chi connectivity index (χ3v) is 7.13. The molecule has 3 aromatic rings. The van der Waals surface area contributed by atoms with Crippen molar-refractivity contribution >= 4 is 10.0 Å². The Morgan fingerprint density at radius 3 is 2.47 bits per heavy atom. The van der Waals surface area contributed by atoms with Crippen molar-refractivity contribution in [2.75, 3.05) is 13.2 Å². The fourth-order valence-corrected chi connectivity index (χ4v) is 5.14. The fourth-order valence-electron chi connectivity index (χ4n) is 3.73. The normalized spacial score (nSPS) is 16.8. The second kappa shape index (κ2) is 7.39. The molecular formula is C22H20N2O5S. The molecule has 7 nitrogen and oxygen atoms in total. The highest BCUT2D eigenvalue weighted by Crippen LogP contribution is 2.35. The van der Waals surface area contributed by atoms with Gasteiger partial charge in [0.2, 0.25) is 10.0 Å². The van der Waals surface area contributed by atoms with Crippen LogP contribution in [0.25, 0.3) is 0 Å². The molecule has 1 atom stereocenters. The van der Waals surface area contributed by atoms with Gasteiger partial charge in [-0.2, -0.15) is 4.31 Å². The smallest absolute Gasteiger partial charge is 0.243 e. The first-order valence-corrected chi connectivity index (χ1v) is 11.1. The first-order chi connectivity index (χ1) is 14.5. The standard InChI is InChI=1S/C22H20N2O5S/c25-22(15-4-2-1-3-5-15)19-10-16-13-24(14-17(16)12-23-19)30(26,27)18-6-7-20-21(11-18)29-9-8-28-20/h1-7,10-12,22,25H,8-9,13-14H2/t22-/m0/s1. The third kappa shape index (κ3) is 3.32. The Morgan fingerprint density at radius 1 is 0.933 bits per heavy atom. The summed E-state index contributed by atoms with van der Waals surface area (Å²) in [6, 6.07) is 15.7. The second-order valence-electron chi connectivity index (χ2n) is 7.27. The lowest BCUT2D eigenvalue weighted by molar-refractivity contribution is 0.171. The number of aromatic nitrogens is 1. The Bertz CT molecular complexity index is 1200. The minimum Gasteiger partial charge on any atom is -0.486 e. The van der Waals surface area contributed by atoms with Gasteiger partial charge >= 0.3 is 0 Å². The molecule has 5 rings (SSSR count). The van der Waals surface area contributed by atoms with Gasteiger partial charge in [0, 0.05) is 25.4 Å². The first-order valence-electron chi connectivity index (χ1n) is 9.63. The van der Waals surface area contributed by atoms with E-state index >= 15 is 0 Å². The van der Waals surface area contributed by atoms with E-state index in [1.54, 1.807) is 18.3 Å². The lowest BCUT2D eigenvalue weighted by Crippen LogP contribution is -2.26. The van der Waals surface area contributed by atoms with Crippen molar-refractivity contribution < 1.29 is 23.0 Å². The van der Waals surface area contributed by atoms with Gasteiger partial charge in [-0.1, -0.05) is 30.3 Å². The van der Waals surface area contributed by atoms with E-state index in [9.17, 15) is 13.5 Å². The van der Waals surface area contributed by atoms with E-state index < -0.39 is 16.1 Å². The Morgan fingerprint density at radius 2 is 1.67 bits per heavy atom. The van der Waals surface area contributed by atoms with Gasteiger partial charge in [-0.05, 0) is 34.9 Å². The number of rotatable bonds is 4. The number of sulfonamides is 1. The van der Waals surface area contributed by atoms with E-state index in [0.29, 0.717) is 30.4 Å². The molecule has 1 N–H and O–H groups in total. The van der Waals surface area contributed by atoms with E-state index in [1.165, 1.54) is 16.4 Å².